The Morgan fingerprint density at radius 2 is 0.929 bits per heavy atom. The Bertz CT molecular complexity index is 133. The summed E-state index contributed by atoms with van der Waals surface area (Å²) in [7, 11) is -1.73. The maximum atomic E-state index is 3.03. The second-order valence-electron chi connectivity index (χ2n) is 1.15. The van der Waals surface area contributed by atoms with Crippen LogP contribution in [0.5, 0.6) is 0 Å². The van der Waals surface area contributed by atoms with Crippen LogP contribution in [0.2, 0.25) is 0 Å². The van der Waals surface area contributed by atoms with E-state index in [9.17, 15) is 0 Å². The van der Waals surface area contributed by atoms with Crippen LogP contribution < -0.4 is 0 Å². The Morgan fingerprint density at radius 1 is 0.571 bits per heavy atom. The van der Waals surface area contributed by atoms with E-state index in [2.05, 4.69) is 135 Å². The minimum atomic E-state index is -0.396. The molecule has 0 amide bonds. The van der Waals surface area contributed by atoms with Gasteiger partial charge >= 0.3 is 187 Å². The van der Waals surface area contributed by atoms with E-state index in [4.69, 9.17) is 0 Å². The molecule has 0 atom stereocenters. The Hall–Kier alpha value is 9.49. The summed E-state index contributed by atoms with van der Waals surface area (Å²) in [6.07, 6.45) is 0. The van der Waals surface area contributed by atoms with E-state index in [0.29, 0.717) is 0 Å². The first-order valence-corrected chi connectivity index (χ1v) is 79.7. The van der Waals surface area contributed by atoms with Crippen LogP contribution in [0.3, 0.4) is 0 Å². The molecule has 98 valence electrons. The van der Waals surface area contributed by atoms with Gasteiger partial charge in [-0.05, 0) is 0 Å². The molecule has 0 bridgehead atoms. The van der Waals surface area contributed by atoms with Gasteiger partial charge in [0.2, 0.25) is 0 Å². The summed E-state index contributed by atoms with van der Waals surface area (Å²) in [5.41, 5.74) is 0. The van der Waals surface area contributed by atoms with Crippen molar-refractivity contribution in [2.24, 2.45) is 0 Å². The molecule has 0 aromatic heterocycles. The van der Waals surface area contributed by atoms with Gasteiger partial charge in [0.05, 0.1) is 0 Å². The predicted molar refractivity (Wildman–Crippen MR) is 188 cm³/mol. The molecule has 0 saturated heterocycles. The van der Waals surface area contributed by atoms with Gasteiger partial charge in [-0.3, -0.25) is 0 Å². The van der Waals surface area contributed by atoms with Gasteiger partial charge in [-0.1, -0.05) is 0 Å². The van der Waals surface area contributed by atoms with Crippen LogP contribution in [-0.4, -0.2) is 4.93 Å². The molecule has 0 saturated carbocycles. The Morgan fingerprint density at radius 3 is 1.21 bits per heavy atom. The molecule has 0 fully saturated rings. The van der Waals surface area contributed by atoms with E-state index < -0.39 is 7.89 Å². The molecule has 14 heavy (non-hydrogen) atoms. The summed E-state index contributed by atoms with van der Waals surface area (Å²) in [4.78, 5) is 2.63. The Balaban J connectivity index is 4.30. The van der Waals surface area contributed by atoms with Crippen molar-refractivity contribution in [3.8, 4) is 0 Å². The predicted octanol–water partition coefficient (Wildman–Crippen LogP) is 11.7. The fourth-order valence-electron chi connectivity index (χ4n) is 0.149. The average molecular weight is 1660 g/mol. The van der Waals surface area contributed by atoms with Crippen molar-refractivity contribution in [2.75, 3.05) is 4.93 Å². The first-order chi connectivity index (χ1) is 6.29. The maximum absolute atomic E-state index is 3.03. The standard InChI is InChI=1S/CH3I13/c1-9(2)11(5)13(7)14(8)12(6)10(3)4/h1H3. The van der Waals surface area contributed by atoms with E-state index in [1.54, 1.807) is 0 Å². The summed E-state index contributed by atoms with van der Waals surface area (Å²) < 4.78 is 0. The molecule has 0 aliphatic rings. The van der Waals surface area contributed by atoms with Crippen molar-refractivity contribution < 1.29 is 0 Å². The molecule has 0 spiro atoms. The van der Waals surface area contributed by atoms with E-state index >= 15 is 0 Å². The molecular weight excluding hydrogens is 1660 g/mol. The third kappa shape index (κ3) is 10.4. The number of halogens is 13. The van der Waals surface area contributed by atoms with Gasteiger partial charge in [0.1, 0.15) is 0 Å². The Labute approximate surface area is 177 Å². The third-order valence-electron chi connectivity index (χ3n) is 0.475. The van der Waals surface area contributed by atoms with Crippen LogP contribution in [0.25, 0.3) is 0 Å². The minimum absolute atomic E-state index is 0.328. The molecule has 0 nitrogen and oxygen atoms in total. The molecule has 0 unspecified atom stereocenters. The van der Waals surface area contributed by atoms with Crippen LogP contribution in [0.1, 0.15) is 0 Å². The summed E-state index contributed by atoms with van der Waals surface area (Å²) in [5.74, 6) is 0. The molecular formula is CH3I13. The van der Waals surface area contributed by atoms with E-state index in [1.165, 1.54) is 0 Å². The molecule has 0 heterocycles. The topological polar surface area (TPSA) is 0 Å². The van der Waals surface area contributed by atoms with Crippen molar-refractivity contribution in [3.63, 3.8) is 0 Å². The molecule has 13 heteroatoms. The van der Waals surface area contributed by atoms with E-state index in [0.717, 1.165) is 0 Å². The van der Waals surface area contributed by atoms with Crippen molar-refractivity contribution in [2.45, 2.75) is 0 Å². The normalized spacial score (nSPS) is 17.1. The van der Waals surface area contributed by atoms with Crippen molar-refractivity contribution in [3.05, 3.63) is 0 Å². The zero-order valence-corrected chi connectivity index (χ0v) is 34.0. The van der Waals surface area contributed by atoms with Gasteiger partial charge in [-0.25, -0.2) is 0 Å². The molecule has 0 aromatic carbocycles. The summed E-state index contributed by atoms with van der Waals surface area (Å²) >= 11 is 20.2. The van der Waals surface area contributed by atoms with Crippen molar-refractivity contribution in [1.82, 2.24) is 0 Å². The second kappa shape index (κ2) is 13.7. The number of hydrogen-bond donors (Lipinski definition) is 0. The molecule has 0 aliphatic carbocycles. The SMILES string of the molecule is CI(I)I(I)I(I)I(I)I(I)I(I)I. The number of rotatable bonds is 5. The van der Waals surface area contributed by atoms with Gasteiger partial charge in [0, 0.05) is 0 Å². The summed E-state index contributed by atoms with van der Waals surface area (Å²) in [6, 6.07) is 0. The monoisotopic (exact) mass is 1660 g/mol. The van der Waals surface area contributed by atoms with Gasteiger partial charge in [-0.15, -0.1) is 0 Å². The van der Waals surface area contributed by atoms with Crippen LogP contribution >= 0.6 is 182 Å². The Kier molecular flexibility index (Phi) is 23.1. The summed E-state index contributed by atoms with van der Waals surface area (Å²) in [5, 5.41) is 0. The zero-order chi connectivity index (χ0) is 11.5. The van der Waals surface area contributed by atoms with Crippen LogP contribution in [0, 0.1) is 0 Å². The van der Waals surface area contributed by atoms with E-state index in [-0.39, 0.29) is 43.4 Å². The fourth-order valence-corrected chi connectivity index (χ4v) is 1550. The second-order valence-corrected chi connectivity index (χ2v) is 274. The molecule has 0 N–H and O–H groups in total. The molecule has 0 rings (SSSR count). The van der Waals surface area contributed by atoms with Gasteiger partial charge in [0.25, 0.3) is 0 Å². The number of alkyl halides is 1. The van der Waals surface area contributed by atoms with Crippen molar-refractivity contribution in [1.29, 1.82) is 0 Å². The van der Waals surface area contributed by atoms with E-state index in [1.807, 2.05) is 0 Å². The van der Waals surface area contributed by atoms with Crippen LogP contribution in [0.4, 0.5) is 0 Å². The van der Waals surface area contributed by atoms with Gasteiger partial charge in [0.15, 0.2) is 0 Å². The summed E-state index contributed by atoms with van der Waals surface area (Å²) in [6.45, 7) is 0. The van der Waals surface area contributed by atoms with Gasteiger partial charge < -0.3 is 0 Å². The molecule has 0 aromatic rings. The molecule has 0 radical (unpaired) electrons. The molecule has 0 aliphatic heterocycles. The zero-order valence-electron chi connectivity index (χ0n) is 5.91. The van der Waals surface area contributed by atoms with Crippen LogP contribution in [-0.2, 0) is 0 Å². The average Bonchev–Trinajstić information content (AvgIpc) is 2.12. The van der Waals surface area contributed by atoms with Gasteiger partial charge in [-0.2, -0.15) is 0 Å². The third-order valence-corrected chi connectivity index (χ3v) is 776. The van der Waals surface area contributed by atoms with Crippen LogP contribution in [0.15, 0.2) is 0 Å². The first-order valence-electron chi connectivity index (χ1n) is 2.09. The number of hydrogen-bond acceptors (Lipinski definition) is 0. The first kappa shape index (κ1) is 23.5. The quantitative estimate of drug-likeness (QED) is 0.190. The fraction of sp³-hybridized carbons (Fsp3) is 1.00. The van der Waals surface area contributed by atoms with Crippen molar-refractivity contribution >= 4 is 182 Å².